The van der Waals surface area contributed by atoms with E-state index in [0.29, 0.717) is 11.1 Å². The summed E-state index contributed by atoms with van der Waals surface area (Å²) in [6.07, 6.45) is 1.39. The summed E-state index contributed by atoms with van der Waals surface area (Å²) in [5.41, 5.74) is 5.32. The molecule has 5 rings (SSSR count). The zero-order valence-electron chi connectivity index (χ0n) is 18.8. The van der Waals surface area contributed by atoms with Crippen molar-refractivity contribution in [3.8, 4) is 5.88 Å². The summed E-state index contributed by atoms with van der Waals surface area (Å²) >= 11 is 0. The van der Waals surface area contributed by atoms with Crippen molar-refractivity contribution in [3.63, 3.8) is 0 Å². The molecule has 2 aromatic carbocycles. The van der Waals surface area contributed by atoms with E-state index in [2.05, 4.69) is 4.98 Å². The van der Waals surface area contributed by atoms with Gasteiger partial charge in [0.05, 0.1) is 22.9 Å². The number of nitrogen functional groups attached to an aromatic ring is 1. The number of ether oxygens (including phenoxy) is 1. The van der Waals surface area contributed by atoms with Crippen LogP contribution in [0, 0.1) is 20.2 Å². The van der Waals surface area contributed by atoms with Gasteiger partial charge in [0.2, 0.25) is 11.4 Å². The fourth-order valence-electron chi connectivity index (χ4n) is 4.11. The Morgan fingerprint density at radius 1 is 1.05 bits per heavy atom. The lowest BCUT2D eigenvalue weighted by Crippen LogP contribution is -2.37. The zero-order chi connectivity index (χ0) is 26.4. The average molecular weight is 505 g/mol. The highest BCUT2D eigenvalue weighted by Gasteiger charge is 2.39. The lowest BCUT2D eigenvalue weighted by molar-refractivity contribution is -0.385. The topological polar surface area (TPSA) is 200 Å². The molecule has 3 heterocycles. The van der Waals surface area contributed by atoms with E-state index in [0.717, 1.165) is 7.11 Å². The number of aromatic nitrogens is 2. The Bertz CT molecular complexity index is 1760. The van der Waals surface area contributed by atoms with Gasteiger partial charge < -0.3 is 19.3 Å². The van der Waals surface area contributed by atoms with Crippen molar-refractivity contribution >= 4 is 35.0 Å². The van der Waals surface area contributed by atoms with Crippen LogP contribution in [0.25, 0.3) is 17.5 Å². The number of nitro benzene ring substituents is 2. The summed E-state index contributed by atoms with van der Waals surface area (Å²) in [4.78, 5) is 51.1. The third-order valence-electron chi connectivity index (χ3n) is 5.74. The molecule has 0 radical (unpaired) electrons. The minimum Gasteiger partial charge on any atom is -0.465 e. The number of non-ortho nitro benzene ring substituents is 2. The smallest absolute Gasteiger partial charge is 0.362 e. The van der Waals surface area contributed by atoms with Crippen LogP contribution in [-0.4, -0.2) is 32.5 Å². The van der Waals surface area contributed by atoms with Gasteiger partial charge in [-0.3, -0.25) is 20.2 Å². The largest absolute Gasteiger partial charge is 0.465 e. The van der Waals surface area contributed by atoms with Crippen molar-refractivity contribution < 1.29 is 28.2 Å². The molecule has 0 unspecified atom stereocenters. The van der Waals surface area contributed by atoms with Crippen molar-refractivity contribution in [1.29, 1.82) is 0 Å². The second-order valence-corrected chi connectivity index (χ2v) is 7.84. The monoisotopic (exact) mass is 505 g/mol. The van der Waals surface area contributed by atoms with E-state index in [1.54, 1.807) is 0 Å². The molecule has 2 N–H and O–H groups in total. The van der Waals surface area contributed by atoms with Crippen LogP contribution in [0.15, 0.2) is 62.2 Å². The van der Waals surface area contributed by atoms with Crippen LogP contribution in [0.2, 0.25) is 0 Å². The number of rotatable bonds is 5. The summed E-state index contributed by atoms with van der Waals surface area (Å²) in [6, 6.07) is 10.5. The minimum absolute atomic E-state index is 0.0116. The first-order valence-corrected chi connectivity index (χ1v) is 10.5. The number of methoxy groups -OCH3 is 1. The molecular weight excluding hydrogens is 490 g/mol. The Kier molecular flexibility index (Phi) is 5.40. The standard InChI is InChI=1S/C23H15N5O9/c1-35-22(30)17-16(12-4-8-14(9-5-12)28(33)34)18-20(37-23(24)25-18)26-15(21(29)36-19(17)26)10-11-2-6-13(7-3-11)27(31)32/h2-10,16H,1H3,(H2,24,25)/b15-10+/t16-/m0/s1. The third-order valence-corrected chi connectivity index (χ3v) is 5.74. The molecule has 1 atom stereocenters. The van der Waals surface area contributed by atoms with E-state index in [-0.39, 0.29) is 45.4 Å². The van der Waals surface area contributed by atoms with Crippen LogP contribution in [0.3, 0.4) is 0 Å². The highest BCUT2D eigenvalue weighted by Crippen LogP contribution is 2.39. The molecule has 1 aliphatic rings. The predicted octanol–water partition coefficient (Wildman–Crippen LogP) is 1.12. The van der Waals surface area contributed by atoms with E-state index in [1.165, 1.54) is 59.2 Å². The molecule has 14 heteroatoms. The fourth-order valence-corrected chi connectivity index (χ4v) is 4.11. The maximum atomic E-state index is 13.0. The van der Waals surface area contributed by atoms with E-state index in [1.807, 2.05) is 0 Å². The lowest BCUT2D eigenvalue weighted by Gasteiger charge is -2.21. The molecule has 14 nitrogen and oxygen atoms in total. The molecule has 4 aromatic rings. The van der Waals surface area contributed by atoms with Gasteiger partial charge in [0.15, 0.2) is 0 Å². The molecule has 0 fully saturated rings. The second-order valence-electron chi connectivity index (χ2n) is 7.84. The molecular formula is C23H15N5O9. The Balaban J connectivity index is 1.82. The molecule has 0 spiro atoms. The summed E-state index contributed by atoms with van der Waals surface area (Å²) in [5, 5.41) is 22.0. The number of anilines is 1. The van der Waals surface area contributed by atoms with Crippen molar-refractivity contribution in [1.82, 2.24) is 9.55 Å². The molecule has 0 bridgehead atoms. The van der Waals surface area contributed by atoms with E-state index in [9.17, 15) is 29.8 Å². The highest BCUT2D eigenvalue weighted by atomic mass is 16.6. The maximum Gasteiger partial charge on any atom is 0.362 e. The van der Waals surface area contributed by atoms with Gasteiger partial charge in [0.25, 0.3) is 17.4 Å². The summed E-state index contributed by atoms with van der Waals surface area (Å²) in [7, 11) is 1.14. The molecule has 0 amide bonds. The van der Waals surface area contributed by atoms with Gasteiger partial charge in [0.1, 0.15) is 16.6 Å². The minimum atomic E-state index is -0.998. The normalized spacial score (nSPS) is 14.7. The lowest BCUT2D eigenvalue weighted by atomic mass is 9.87. The Morgan fingerprint density at radius 2 is 1.65 bits per heavy atom. The number of nitrogens with two attached hydrogens (primary N) is 1. The summed E-state index contributed by atoms with van der Waals surface area (Å²) in [6.45, 7) is 0. The number of hydrogen-bond donors (Lipinski definition) is 1. The molecule has 37 heavy (non-hydrogen) atoms. The van der Waals surface area contributed by atoms with Crippen molar-refractivity contribution in [2.45, 2.75) is 5.92 Å². The molecule has 1 aliphatic heterocycles. The van der Waals surface area contributed by atoms with Gasteiger partial charge in [0, 0.05) is 24.3 Å². The molecule has 0 saturated carbocycles. The zero-order valence-corrected chi connectivity index (χ0v) is 18.8. The average Bonchev–Trinajstić information content (AvgIpc) is 3.42. The van der Waals surface area contributed by atoms with Gasteiger partial charge in [-0.25, -0.2) is 14.2 Å². The van der Waals surface area contributed by atoms with Gasteiger partial charge in [-0.15, -0.1) is 0 Å². The Labute approximate surface area is 204 Å². The van der Waals surface area contributed by atoms with Gasteiger partial charge in [-0.05, 0) is 29.3 Å². The fraction of sp³-hybridized carbons (Fsp3) is 0.0870. The van der Waals surface area contributed by atoms with Crippen molar-refractivity contribution in [2.24, 2.45) is 0 Å². The number of benzene rings is 2. The first-order valence-electron chi connectivity index (χ1n) is 10.5. The van der Waals surface area contributed by atoms with E-state index < -0.39 is 27.4 Å². The van der Waals surface area contributed by atoms with Gasteiger partial charge in [-0.1, -0.05) is 12.1 Å². The quantitative estimate of drug-likeness (QED) is 0.231. The molecule has 0 aliphatic carbocycles. The maximum absolute atomic E-state index is 13.0. The van der Waals surface area contributed by atoms with Crippen LogP contribution < -0.4 is 22.3 Å². The van der Waals surface area contributed by atoms with Gasteiger partial charge >= 0.3 is 11.6 Å². The van der Waals surface area contributed by atoms with Gasteiger partial charge in [-0.2, -0.15) is 4.98 Å². The predicted molar refractivity (Wildman–Crippen MR) is 125 cm³/mol. The third kappa shape index (κ3) is 3.81. The number of fused-ring (bicyclic) bond motifs is 3. The summed E-state index contributed by atoms with van der Waals surface area (Å²) < 4.78 is 17.3. The highest BCUT2D eigenvalue weighted by molar-refractivity contribution is 6.12. The molecule has 0 saturated heterocycles. The van der Waals surface area contributed by atoms with Crippen molar-refractivity contribution in [3.05, 3.63) is 107 Å². The van der Waals surface area contributed by atoms with Crippen LogP contribution in [0.5, 0.6) is 0 Å². The number of esters is 1. The first-order chi connectivity index (χ1) is 17.7. The van der Waals surface area contributed by atoms with Crippen LogP contribution >= 0.6 is 0 Å². The number of carbonyl (C=O) groups is 1. The number of carbonyl (C=O) groups excluding carboxylic acids is 1. The molecule has 186 valence electrons. The van der Waals surface area contributed by atoms with Crippen LogP contribution in [0.4, 0.5) is 17.4 Å². The SMILES string of the molecule is COC(=O)C1=c2oc(=O)/c(=C\c3ccc([N+](=O)[O-])cc3)n2-c2oc(N)nc2[C@H]1c1ccc([N+](=O)[O-])cc1. The second kappa shape index (κ2) is 8.60. The summed E-state index contributed by atoms with van der Waals surface area (Å²) in [5.74, 6) is -1.86. The number of nitro groups is 2. The number of nitrogens with zero attached hydrogens (tertiary/aromatic N) is 4. The van der Waals surface area contributed by atoms with Crippen LogP contribution in [-0.2, 0) is 9.53 Å². The molecule has 2 aromatic heterocycles. The first kappa shape index (κ1) is 23.2. The van der Waals surface area contributed by atoms with Crippen molar-refractivity contribution in [2.75, 3.05) is 12.8 Å². The number of hydrogen-bond acceptors (Lipinski definition) is 11. The number of oxazole rings is 2. The van der Waals surface area contributed by atoms with E-state index in [4.69, 9.17) is 19.3 Å². The Morgan fingerprint density at radius 3 is 2.22 bits per heavy atom. The van der Waals surface area contributed by atoms with E-state index >= 15 is 0 Å². The Hall–Kier alpha value is -5.53. The van der Waals surface area contributed by atoms with Crippen LogP contribution in [0.1, 0.15) is 22.7 Å².